The number of hydrogen-bond donors (Lipinski definition) is 5. The van der Waals surface area contributed by atoms with Gasteiger partial charge < -0.3 is 37.0 Å². The van der Waals surface area contributed by atoms with Crippen molar-refractivity contribution < 1.29 is 9.90 Å². The van der Waals surface area contributed by atoms with Crippen LogP contribution >= 0.6 is 0 Å². The molecule has 3 atom stereocenters. The number of amides is 1. The number of allylic oxidation sites excluding steroid dienone is 1. The van der Waals surface area contributed by atoms with Crippen LogP contribution in [0.4, 0.5) is 0 Å². The molecule has 0 bridgehead atoms. The predicted molar refractivity (Wildman–Crippen MR) is 112 cm³/mol. The lowest BCUT2D eigenvalue weighted by Crippen LogP contribution is -2.59. The van der Waals surface area contributed by atoms with Crippen LogP contribution < -0.4 is 22.1 Å². The predicted octanol–water partition coefficient (Wildman–Crippen LogP) is -0.209. The minimum atomic E-state index is 0.131. The van der Waals surface area contributed by atoms with Crippen LogP contribution in [0.1, 0.15) is 12.0 Å². The highest BCUT2D eigenvalue weighted by molar-refractivity contribution is 5.70. The van der Waals surface area contributed by atoms with Gasteiger partial charge in [0.25, 0.3) is 0 Å². The Hall–Kier alpha value is -2.87. The molecule has 8 heteroatoms. The van der Waals surface area contributed by atoms with E-state index in [-0.39, 0.29) is 11.8 Å². The van der Waals surface area contributed by atoms with Gasteiger partial charge in [0.1, 0.15) is 11.6 Å². The van der Waals surface area contributed by atoms with Gasteiger partial charge in [0.05, 0.1) is 11.7 Å². The van der Waals surface area contributed by atoms with E-state index in [2.05, 4.69) is 15.5 Å². The maximum Gasteiger partial charge on any atom is 0.209 e. The average Bonchev–Trinajstić information content (AvgIpc) is 3.34. The number of nitrogens with zero attached hydrogens (tertiary/aromatic N) is 2. The molecule has 156 valence electrons. The fourth-order valence-electron chi connectivity index (χ4n) is 4.31. The van der Waals surface area contributed by atoms with E-state index in [0.29, 0.717) is 43.3 Å². The van der Waals surface area contributed by atoms with Gasteiger partial charge in [-0.05, 0) is 49.6 Å². The third-order valence-electron chi connectivity index (χ3n) is 6.17. The van der Waals surface area contributed by atoms with Crippen molar-refractivity contribution in [3.8, 4) is 5.75 Å². The molecule has 3 fully saturated rings. The van der Waals surface area contributed by atoms with Crippen molar-refractivity contribution in [3.05, 3.63) is 47.4 Å². The maximum absolute atomic E-state index is 11.0. The van der Waals surface area contributed by atoms with Crippen LogP contribution in [0.5, 0.6) is 5.75 Å². The average molecular weight is 399 g/mol. The van der Waals surface area contributed by atoms with Crippen molar-refractivity contribution in [2.75, 3.05) is 39.3 Å². The van der Waals surface area contributed by atoms with Crippen molar-refractivity contribution >= 4 is 12.1 Å². The molecule has 1 aromatic rings. The lowest BCUT2D eigenvalue weighted by molar-refractivity contribution is -0.120. The first-order valence-electron chi connectivity index (χ1n) is 10.2. The number of piperazine rings is 1. The highest BCUT2D eigenvalue weighted by Crippen LogP contribution is 2.40. The summed E-state index contributed by atoms with van der Waals surface area (Å²) in [6.07, 6.45) is 4.18. The van der Waals surface area contributed by atoms with Crippen LogP contribution in [0, 0.1) is 11.8 Å². The SMILES string of the molecule is C1NCC2CC12.NC1=C(/C=C(\N)c2ccccc2O)N2CCN(C=O)CC2CN1. The molecule has 3 aliphatic heterocycles. The van der Waals surface area contributed by atoms with Gasteiger partial charge in [0.2, 0.25) is 6.41 Å². The number of fused-ring (bicyclic) bond motifs is 2. The number of benzene rings is 1. The Balaban J connectivity index is 0.000000286. The smallest absolute Gasteiger partial charge is 0.209 e. The quantitative estimate of drug-likeness (QED) is 0.447. The molecule has 8 nitrogen and oxygen atoms in total. The zero-order valence-electron chi connectivity index (χ0n) is 16.6. The van der Waals surface area contributed by atoms with Crippen LogP contribution in [-0.2, 0) is 4.79 Å². The fourth-order valence-corrected chi connectivity index (χ4v) is 4.31. The monoisotopic (exact) mass is 398 g/mol. The Morgan fingerprint density at radius 2 is 1.93 bits per heavy atom. The van der Waals surface area contributed by atoms with Gasteiger partial charge in [0, 0.05) is 37.4 Å². The molecule has 5 rings (SSSR count). The summed E-state index contributed by atoms with van der Waals surface area (Å²) < 4.78 is 0. The topological polar surface area (TPSA) is 120 Å². The molecule has 3 unspecified atom stereocenters. The lowest BCUT2D eigenvalue weighted by Gasteiger charge is -2.45. The Morgan fingerprint density at radius 1 is 1.17 bits per heavy atom. The summed E-state index contributed by atoms with van der Waals surface area (Å²) in [4.78, 5) is 14.9. The third kappa shape index (κ3) is 4.27. The van der Waals surface area contributed by atoms with Crippen molar-refractivity contribution in [2.24, 2.45) is 23.3 Å². The second-order valence-corrected chi connectivity index (χ2v) is 8.16. The summed E-state index contributed by atoms with van der Waals surface area (Å²) in [6.45, 7) is 5.31. The minimum absolute atomic E-state index is 0.131. The Labute approximate surface area is 171 Å². The van der Waals surface area contributed by atoms with Gasteiger partial charge in [-0.15, -0.1) is 0 Å². The molecule has 0 spiro atoms. The van der Waals surface area contributed by atoms with Crippen molar-refractivity contribution in [3.63, 3.8) is 0 Å². The summed E-state index contributed by atoms with van der Waals surface area (Å²) in [6, 6.07) is 7.08. The molecule has 0 aromatic heterocycles. The van der Waals surface area contributed by atoms with Gasteiger partial charge in [-0.3, -0.25) is 4.79 Å². The fraction of sp³-hybridized carbons (Fsp3) is 0.476. The van der Waals surface area contributed by atoms with Crippen molar-refractivity contribution in [1.29, 1.82) is 0 Å². The van der Waals surface area contributed by atoms with Gasteiger partial charge in [0.15, 0.2) is 0 Å². The number of rotatable bonds is 3. The van der Waals surface area contributed by atoms with Crippen LogP contribution in [0.2, 0.25) is 0 Å². The number of phenolic OH excluding ortho intramolecular Hbond substituents is 1. The molecular weight excluding hydrogens is 368 g/mol. The van der Waals surface area contributed by atoms with Gasteiger partial charge in [-0.25, -0.2) is 0 Å². The number of nitrogens with two attached hydrogens (primary N) is 2. The first-order valence-corrected chi connectivity index (χ1v) is 10.2. The van der Waals surface area contributed by atoms with E-state index in [1.54, 1.807) is 29.2 Å². The molecule has 1 aliphatic carbocycles. The Bertz CT molecular complexity index is 815. The van der Waals surface area contributed by atoms with Gasteiger partial charge in [-0.2, -0.15) is 0 Å². The van der Waals surface area contributed by atoms with Crippen molar-refractivity contribution in [1.82, 2.24) is 20.4 Å². The third-order valence-corrected chi connectivity index (χ3v) is 6.17. The lowest BCUT2D eigenvalue weighted by atomic mass is 10.1. The molecule has 1 aromatic carbocycles. The number of hydrogen-bond acceptors (Lipinski definition) is 7. The molecule has 0 radical (unpaired) electrons. The first kappa shape index (κ1) is 19.4. The molecule has 4 aliphatic rings. The molecular formula is C21H30N6O2. The number of phenols is 1. The number of nitrogens with one attached hydrogen (secondary N) is 2. The van der Waals surface area contributed by atoms with E-state index < -0.39 is 0 Å². The first-order chi connectivity index (χ1) is 14.1. The molecule has 7 N–H and O–H groups in total. The summed E-state index contributed by atoms with van der Waals surface area (Å²) in [5.41, 5.74) is 14.1. The summed E-state index contributed by atoms with van der Waals surface area (Å²) in [7, 11) is 0. The van der Waals surface area contributed by atoms with Crippen LogP contribution in [0.25, 0.3) is 5.70 Å². The Morgan fingerprint density at radius 3 is 2.55 bits per heavy atom. The van der Waals surface area contributed by atoms with Gasteiger partial charge >= 0.3 is 0 Å². The largest absolute Gasteiger partial charge is 0.507 e. The second-order valence-electron chi connectivity index (χ2n) is 8.16. The van der Waals surface area contributed by atoms with E-state index in [1.165, 1.54) is 19.5 Å². The second kappa shape index (κ2) is 8.24. The summed E-state index contributed by atoms with van der Waals surface area (Å²) in [5, 5.41) is 16.4. The normalized spacial score (nSPS) is 28.0. The van der Waals surface area contributed by atoms with Crippen LogP contribution in [-0.4, -0.2) is 66.6 Å². The number of carbonyl (C=O) groups excluding carboxylic acids is 1. The number of para-hydroxylation sites is 1. The highest BCUT2D eigenvalue weighted by atomic mass is 16.3. The van der Waals surface area contributed by atoms with Crippen LogP contribution in [0.3, 0.4) is 0 Å². The van der Waals surface area contributed by atoms with E-state index in [9.17, 15) is 9.90 Å². The van der Waals surface area contributed by atoms with Gasteiger partial charge in [-0.1, -0.05) is 12.1 Å². The number of aromatic hydroxyl groups is 1. The Kier molecular flexibility index (Phi) is 5.53. The number of carbonyl (C=O) groups is 1. The van der Waals surface area contributed by atoms with E-state index in [4.69, 9.17) is 11.5 Å². The van der Waals surface area contributed by atoms with Crippen molar-refractivity contribution in [2.45, 2.75) is 12.5 Å². The molecule has 29 heavy (non-hydrogen) atoms. The molecule has 1 amide bonds. The summed E-state index contributed by atoms with van der Waals surface area (Å²) >= 11 is 0. The molecule has 2 saturated heterocycles. The standard InChI is InChI=1S/C16H21N5O2.C5H9N/c17-13(12-3-1-2-4-15(12)23)7-14-16(18)19-8-11-9-20(10-22)5-6-21(11)14;1-4-2-6-3-5(1)4/h1-4,7,10-11,19,23H,5-6,8-9,17-18H2;4-6H,1-3H2/b13-7-;. The molecule has 3 heterocycles. The van der Waals surface area contributed by atoms with E-state index in [0.717, 1.165) is 23.9 Å². The summed E-state index contributed by atoms with van der Waals surface area (Å²) in [5.74, 6) is 2.89. The molecule has 1 saturated carbocycles. The zero-order chi connectivity index (χ0) is 20.4. The van der Waals surface area contributed by atoms with E-state index in [1.807, 2.05) is 6.07 Å². The minimum Gasteiger partial charge on any atom is -0.507 e. The highest BCUT2D eigenvalue weighted by Gasteiger charge is 2.40. The van der Waals surface area contributed by atoms with E-state index >= 15 is 0 Å². The zero-order valence-corrected chi connectivity index (χ0v) is 16.6. The maximum atomic E-state index is 11.0. The number of piperidine rings is 1. The van der Waals surface area contributed by atoms with Crippen LogP contribution in [0.15, 0.2) is 41.9 Å².